The van der Waals surface area contributed by atoms with E-state index in [1.165, 1.54) is 17.0 Å². The molecule has 104 valence electrons. The summed E-state index contributed by atoms with van der Waals surface area (Å²) in [6.07, 6.45) is 0.421. The molecule has 0 aliphatic carbocycles. The monoisotopic (exact) mass is 287 g/mol. The molecule has 19 heavy (non-hydrogen) atoms. The lowest BCUT2D eigenvalue weighted by Crippen LogP contribution is -2.38. The highest BCUT2D eigenvalue weighted by molar-refractivity contribution is 6.30. The summed E-state index contributed by atoms with van der Waals surface area (Å²) in [6.45, 7) is 0.184. The van der Waals surface area contributed by atoms with Crippen LogP contribution in [-0.2, 0) is 4.74 Å². The Balaban J connectivity index is 2.23. The third-order valence-electron chi connectivity index (χ3n) is 3.34. The van der Waals surface area contributed by atoms with Crippen LogP contribution in [0.25, 0.3) is 0 Å². The van der Waals surface area contributed by atoms with Gasteiger partial charge in [0.05, 0.1) is 24.3 Å². The van der Waals surface area contributed by atoms with Crippen molar-refractivity contribution in [2.24, 2.45) is 0 Å². The molecule has 0 aromatic heterocycles. The first kappa shape index (κ1) is 14.2. The molecule has 1 aromatic carbocycles. The van der Waals surface area contributed by atoms with Gasteiger partial charge < -0.3 is 14.7 Å². The molecule has 0 unspecified atom stereocenters. The van der Waals surface area contributed by atoms with Crippen molar-refractivity contribution >= 4 is 17.5 Å². The van der Waals surface area contributed by atoms with Crippen LogP contribution in [0.5, 0.6) is 0 Å². The largest absolute Gasteiger partial charge is 0.394 e. The average molecular weight is 288 g/mol. The van der Waals surface area contributed by atoms with Gasteiger partial charge in [0.2, 0.25) is 0 Å². The average Bonchev–Trinajstić information content (AvgIpc) is 2.81. The van der Waals surface area contributed by atoms with Gasteiger partial charge >= 0.3 is 0 Å². The van der Waals surface area contributed by atoms with Crippen LogP contribution in [0.4, 0.5) is 4.39 Å². The molecule has 1 aromatic rings. The third kappa shape index (κ3) is 2.88. The first-order valence-electron chi connectivity index (χ1n) is 5.96. The number of carbonyl (C=O) groups excluding carboxylic acids is 1. The number of carbonyl (C=O) groups is 1. The minimum absolute atomic E-state index is 0.0420. The lowest BCUT2D eigenvalue weighted by Gasteiger charge is -2.23. The number of aliphatic hydroxyl groups excluding tert-OH is 1. The number of amides is 1. The van der Waals surface area contributed by atoms with E-state index in [9.17, 15) is 14.3 Å². The van der Waals surface area contributed by atoms with Crippen molar-refractivity contribution in [2.45, 2.75) is 18.6 Å². The summed E-state index contributed by atoms with van der Waals surface area (Å²) in [5, 5.41) is 9.53. The van der Waals surface area contributed by atoms with E-state index in [1.807, 2.05) is 0 Å². The molecule has 1 fully saturated rings. The predicted molar refractivity (Wildman–Crippen MR) is 68.7 cm³/mol. The number of methoxy groups -OCH3 is 1. The molecule has 2 atom stereocenters. The van der Waals surface area contributed by atoms with Crippen molar-refractivity contribution in [3.05, 3.63) is 34.6 Å². The highest BCUT2D eigenvalue weighted by Gasteiger charge is 2.36. The maximum absolute atomic E-state index is 13.7. The topological polar surface area (TPSA) is 49.8 Å². The van der Waals surface area contributed by atoms with Gasteiger partial charge in [-0.25, -0.2) is 4.39 Å². The van der Waals surface area contributed by atoms with E-state index in [2.05, 4.69) is 0 Å². The maximum atomic E-state index is 13.7. The van der Waals surface area contributed by atoms with Crippen LogP contribution in [0.2, 0.25) is 5.02 Å². The lowest BCUT2D eigenvalue weighted by molar-refractivity contribution is 0.0643. The van der Waals surface area contributed by atoms with Crippen LogP contribution < -0.4 is 0 Å². The predicted octanol–water partition coefficient (Wildman–Crippen LogP) is 1.70. The number of hydrogen-bond acceptors (Lipinski definition) is 3. The molecule has 1 heterocycles. The zero-order valence-corrected chi connectivity index (χ0v) is 11.2. The van der Waals surface area contributed by atoms with E-state index in [0.29, 0.717) is 13.0 Å². The number of benzene rings is 1. The smallest absolute Gasteiger partial charge is 0.257 e. The lowest BCUT2D eigenvalue weighted by atomic mass is 10.1. The van der Waals surface area contributed by atoms with Crippen LogP contribution in [0, 0.1) is 5.82 Å². The molecule has 1 amide bonds. The van der Waals surface area contributed by atoms with Gasteiger partial charge in [-0.15, -0.1) is 0 Å². The zero-order chi connectivity index (χ0) is 14.0. The number of nitrogens with zero attached hydrogens (tertiary/aromatic N) is 1. The van der Waals surface area contributed by atoms with Gasteiger partial charge in [0, 0.05) is 18.7 Å². The summed E-state index contributed by atoms with van der Waals surface area (Å²) in [4.78, 5) is 13.7. The Hall–Kier alpha value is -1.17. The van der Waals surface area contributed by atoms with Crippen LogP contribution >= 0.6 is 11.6 Å². The molecule has 0 spiro atoms. The second-order valence-electron chi connectivity index (χ2n) is 4.51. The van der Waals surface area contributed by atoms with E-state index in [-0.39, 0.29) is 29.3 Å². The van der Waals surface area contributed by atoms with Gasteiger partial charge in [-0.05, 0) is 24.6 Å². The molecule has 1 aliphatic rings. The van der Waals surface area contributed by atoms with Crippen LogP contribution in [0.3, 0.4) is 0 Å². The molecule has 6 heteroatoms. The second kappa shape index (κ2) is 5.86. The van der Waals surface area contributed by atoms with Crippen molar-refractivity contribution in [3.63, 3.8) is 0 Å². The Morgan fingerprint density at radius 2 is 2.37 bits per heavy atom. The van der Waals surface area contributed by atoms with E-state index >= 15 is 0 Å². The van der Waals surface area contributed by atoms with Gasteiger partial charge in [0.25, 0.3) is 5.91 Å². The van der Waals surface area contributed by atoms with Crippen molar-refractivity contribution in [2.75, 3.05) is 20.3 Å². The molecule has 2 rings (SSSR count). The molecule has 1 saturated heterocycles. The molecular weight excluding hydrogens is 273 g/mol. The summed E-state index contributed by atoms with van der Waals surface area (Å²) >= 11 is 5.66. The standard InChI is InChI=1S/C13H15ClFNO3/c1-19-10-5-9(7-17)16(6-10)13(18)11-3-2-8(14)4-12(11)15/h2-4,9-10,17H,5-7H2,1H3/t9-,10-/m0/s1. The normalized spacial score (nSPS) is 22.8. The Morgan fingerprint density at radius 3 is 2.95 bits per heavy atom. The first-order valence-corrected chi connectivity index (χ1v) is 6.34. The minimum atomic E-state index is -0.657. The molecule has 1 N–H and O–H groups in total. The van der Waals surface area contributed by atoms with E-state index in [4.69, 9.17) is 16.3 Å². The summed E-state index contributed by atoms with van der Waals surface area (Å²) in [5.74, 6) is -1.11. The van der Waals surface area contributed by atoms with E-state index in [1.54, 1.807) is 7.11 Å². The van der Waals surface area contributed by atoms with Gasteiger partial charge in [-0.2, -0.15) is 0 Å². The van der Waals surface area contributed by atoms with Crippen molar-refractivity contribution in [1.82, 2.24) is 4.90 Å². The Bertz CT molecular complexity index is 483. The Morgan fingerprint density at radius 1 is 1.63 bits per heavy atom. The molecule has 4 nitrogen and oxygen atoms in total. The van der Waals surface area contributed by atoms with Gasteiger partial charge in [0.1, 0.15) is 5.82 Å². The molecular formula is C13H15ClFNO3. The van der Waals surface area contributed by atoms with E-state index < -0.39 is 11.7 Å². The first-order chi connectivity index (χ1) is 9.06. The number of aliphatic hydroxyl groups is 1. The quantitative estimate of drug-likeness (QED) is 0.920. The second-order valence-corrected chi connectivity index (χ2v) is 4.95. The van der Waals surface area contributed by atoms with E-state index in [0.717, 1.165) is 6.07 Å². The van der Waals surface area contributed by atoms with Crippen LogP contribution in [0.15, 0.2) is 18.2 Å². The Kier molecular flexibility index (Phi) is 4.39. The number of halogens is 2. The molecule has 1 aliphatic heterocycles. The van der Waals surface area contributed by atoms with Gasteiger partial charge in [-0.3, -0.25) is 4.79 Å². The summed E-state index contributed by atoms with van der Waals surface area (Å²) < 4.78 is 18.9. The third-order valence-corrected chi connectivity index (χ3v) is 3.58. The molecule has 0 saturated carbocycles. The zero-order valence-electron chi connectivity index (χ0n) is 10.5. The van der Waals surface area contributed by atoms with Crippen molar-refractivity contribution < 1.29 is 19.0 Å². The van der Waals surface area contributed by atoms with Crippen LogP contribution in [0.1, 0.15) is 16.8 Å². The van der Waals surface area contributed by atoms with Gasteiger partial charge in [0.15, 0.2) is 0 Å². The van der Waals surface area contributed by atoms with Crippen molar-refractivity contribution in [1.29, 1.82) is 0 Å². The minimum Gasteiger partial charge on any atom is -0.394 e. The summed E-state index contributed by atoms with van der Waals surface area (Å²) in [5.41, 5.74) is -0.0420. The summed E-state index contributed by atoms with van der Waals surface area (Å²) in [6, 6.07) is 3.59. The fraction of sp³-hybridized carbons (Fsp3) is 0.462. The molecule has 0 radical (unpaired) electrons. The SMILES string of the molecule is CO[C@H]1C[C@@H](CO)N(C(=O)c2ccc(Cl)cc2F)C1. The number of rotatable bonds is 3. The fourth-order valence-electron chi connectivity index (χ4n) is 2.28. The highest BCUT2D eigenvalue weighted by atomic mass is 35.5. The van der Waals surface area contributed by atoms with Crippen LogP contribution in [-0.4, -0.2) is 48.3 Å². The highest BCUT2D eigenvalue weighted by Crippen LogP contribution is 2.24. The Labute approximate surface area is 115 Å². The number of ether oxygens (including phenoxy) is 1. The van der Waals surface area contributed by atoms with Gasteiger partial charge in [-0.1, -0.05) is 11.6 Å². The summed E-state index contributed by atoms with van der Waals surface area (Å²) in [7, 11) is 1.55. The fourth-order valence-corrected chi connectivity index (χ4v) is 2.44. The number of hydrogen-bond donors (Lipinski definition) is 1. The maximum Gasteiger partial charge on any atom is 0.257 e. The molecule has 0 bridgehead atoms. The number of likely N-dealkylation sites (tertiary alicyclic amines) is 1. The van der Waals surface area contributed by atoms with Crippen molar-refractivity contribution in [3.8, 4) is 0 Å².